The van der Waals surface area contributed by atoms with Crippen LogP contribution in [0.2, 0.25) is 0 Å². The maximum absolute atomic E-state index is 4.95. The third kappa shape index (κ3) is 2.53. The van der Waals surface area contributed by atoms with Crippen LogP contribution < -0.4 is 0 Å². The average molecular weight is 142 g/mol. The number of aliphatic imine (C=N–C) groups is 1. The Balaban J connectivity index is 4.04. The van der Waals surface area contributed by atoms with Gasteiger partial charge in [0.2, 0.25) is 0 Å². The van der Waals surface area contributed by atoms with Gasteiger partial charge in [-0.05, 0) is 6.92 Å². The number of nitrogens with zero attached hydrogens (tertiary/aromatic N) is 2. The SMILES string of the molecule is C=C/N=C(/OC)N(C)CC. The van der Waals surface area contributed by atoms with E-state index in [1.807, 2.05) is 18.9 Å². The monoisotopic (exact) mass is 142 g/mol. The first-order valence-corrected chi connectivity index (χ1v) is 3.20. The molecular weight excluding hydrogens is 128 g/mol. The summed E-state index contributed by atoms with van der Waals surface area (Å²) in [7, 11) is 3.50. The van der Waals surface area contributed by atoms with Crippen molar-refractivity contribution in [3.05, 3.63) is 12.8 Å². The van der Waals surface area contributed by atoms with Crippen LogP contribution in [0.25, 0.3) is 0 Å². The Morgan fingerprint density at radius 1 is 1.80 bits per heavy atom. The minimum Gasteiger partial charge on any atom is -0.468 e. The summed E-state index contributed by atoms with van der Waals surface area (Å²) in [4.78, 5) is 5.79. The first kappa shape index (κ1) is 9.01. The predicted octanol–water partition coefficient (Wildman–Crippen LogP) is 1.08. The minimum atomic E-state index is 0.595. The smallest absolute Gasteiger partial charge is 0.291 e. The van der Waals surface area contributed by atoms with Crippen LogP contribution in [-0.2, 0) is 4.74 Å². The zero-order valence-corrected chi connectivity index (χ0v) is 6.79. The molecule has 0 rings (SSSR count). The van der Waals surface area contributed by atoms with Crippen molar-refractivity contribution in [2.24, 2.45) is 4.99 Å². The van der Waals surface area contributed by atoms with Crippen LogP contribution >= 0.6 is 0 Å². The maximum Gasteiger partial charge on any atom is 0.291 e. The molecule has 0 fully saturated rings. The van der Waals surface area contributed by atoms with Crippen molar-refractivity contribution in [2.75, 3.05) is 20.7 Å². The van der Waals surface area contributed by atoms with E-state index in [2.05, 4.69) is 11.6 Å². The molecule has 0 unspecified atom stereocenters. The van der Waals surface area contributed by atoms with Crippen molar-refractivity contribution < 1.29 is 4.74 Å². The second-order valence-corrected chi connectivity index (χ2v) is 1.81. The fourth-order valence-electron chi connectivity index (χ4n) is 0.520. The summed E-state index contributed by atoms with van der Waals surface area (Å²) in [6.45, 7) is 6.37. The van der Waals surface area contributed by atoms with Gasteiger partial charge < -0.3 is 9.64 Å². The van der Waals surface area contributed by atoms with E-state index in [9.17, 15) is 0 Å². The summed E-state index contributed by atoms with van der Waals surface area (Å²) in [5.41, 5.74) is 0. The predicted molar refractivity (Wildman–Crippen MR) is 42.9 cm³/mol. The zero-order valence-electron chi connectivity index (χ0n) is 6.79. The van der Waals surface area contributed by atoms with Gasteiger partial charge in [-0.25, -0.2) is 4.99 Å². The topological polar surface area (TPSA) is 24.8 Å². The van der Waals surface area contributed by atoms with Crippen LogP contribution in [0, 0.1) is 0 Å². The Bertz CT molecular complexity index is 132. The third-order valence-electron chi connectivity index (χ3n) is 1.19. The van der Waals surface area contributed by atoms with Crippen LogP contribution in [0.1, 0.15) is 6.92 Å². The molecule has 0 N–H and O–H groups in total. The number of amidine groups is 1. The molecule has 3 nitrogen and oxygen atoms in total. The van der Waals surface area contributed by atoms with Crippen molar-refractivity contribution in [3.63, 3.8) is 0 Å². The fourth-order valence-corrected chi connectivity index (χ4v) is 0.520. The van der Waals surface area contributed by atoms with Gasteiger partial charge in [-0.3, -0.25) is 0 Å². The average Bonchev–Trinajstić information content (AvgIpc) is 1.99. The van der Waals surface area contributed by atoms with Gasteiger partial charge in [-0.15, -0.1) is 0 Å². The van der Waals surface area contributed by atoms with E-state index in [1.165, 1.54) is 6.20 Å². The van der Waals surface area contributed by atoms with Crippen LogP contribution in [-0.4, -0.2) is 31.6 Å². The van der Waals surface area contributed by atoms with E-state index in [0.717, 1.165) is 6.54 Å². The molecule has 0 spiro atoms. The first-order chi connectivity index (χ1) is 4.76. The Labute approximate surface area is 62.0 Å². The van der Waals surface area contributed by atoms with Gasteiger partial charge in [0.1, 0.15) is 0 Å². The quantitative estimate of drug-likeness (QED) is 0.426. The van der Waals surface area contributed by atoms with Gasteiger partial charge >= 0.3 is 0 Å². The highest BCUT2D eigenvalue weighted by molar-refractivity contribution is 5.73. The molecule has 0 aromatic rings. The Hall–Kier alpha value is -0.990. The van der Waals surface area contributed by atoms with E-state index in [1.54, 1.807) is 7.11 Å². The molecule has 0 bridgehead atoms. The molecule has 10 heavy (non-hydrogen) atoms. The van der Waals surface area contributed by atoms with Crippen LogP contribution in [0.4, 0.5) is 0 Å². The van der Waals surface area contributed by atoms with E-state index < -0.39 is 0 Å². The van der Waals surface area contributed by atoms with Gasteiger partial charge in [0.05, 0.1) is 7.11 Å². The highest BCUT2D eigenvalue weighted by Gasteiger charge is 2.00. The van der Waals surface area contributed by atoms with E-state index in [0.29, 0.717) is 6.02 Å². The lowest BCUT2D eigenvalue weighted by Gasteiger charge is -2.15. The molecule has 0 aliphatic carbocycles. The zero-order chi connectivity index (χ0) is 7.98. The Morgan fingerprint density at radius 2 is 2.40 bits per heavy atom. The highest BCUT2D eigenvalue weighted by Crippen LogP contribution is 1.88. The van der Waals surface area contributed by atoms with Crippen molar-refractivity contribution in [1.29, 1.82) is 0 Å². The maximum atomic E-state index is 4.95. The number of methoxy groups -OCH3 is 1. The molecule has 0 heterocycles. The molecule has 0 saturated carbocycles. The van der Waals surface area contributed by atoms with E-state index >= 15 is 0 Å². The number of hydrogen-bond donors (Lipinski definition) is 0. The highest BCUT2D eigenvalue weighted by atomic mass is 16.5. The van der Waals surface area contributed by atoms with Gasteiger partial charge in [0.15, 0.2) is 0 Å². The number of hydrogen-bond acceptors (Lipinski definition) is 2. The summed E-state index contributed by atoms with van der Waals surface area (Å²) in [5.74, 6) is 0. The summed E-state index contributed by atoms with van der Waals surface area (Å²) in [6, 6.07) is 0.595. The third-order valence-corrected chi connectivity index (χ3v) is 1.19. The molecule has 0 saturated heterocycles. The van der Waals surface area contributed by atoms with Gasteiger partial charge in [0, 0.05) is 19.8 Å². The van der Waals surface area contributed by atoms with Crippen LogP contribution in [0.15, 0.2) is 17.8 Å². The number of ether oxygens (including phenoxy) is 1. The van der Waals surface area contributed by atoms with Gasteiger partial charge in [-0.1, -0.05) is 6.58 Å². The van der Waals surface area contributed by atoms with E-state index in [4.69, 9.17) is 4.74 Å². The molecule has 0 aliphatic rings. The summed E-state index contributed by atoms with van der Waals surface area (Å²) >= 11 is 0. The summed E-state index contributed by atoms with van der Waals surface area (Å²) in [6.07, 6.45) is 1.46. The molecule has 0 radical (unpaired) electrons. The van der Waals surface area contributed by atoms with E-state index in [-0.39, 0.29) is 0 Å². The summed E-state index contributed by atoms with van der Waals surface area (Å²) in [5, 5.41) is 0. The van der Waals surface area contributed by atoms with Crippen molar-refractivity contribution >= 4 is 6.02 Å². The van der Waals surface area contributed by atoms with Crippen LogP contribution in [0.3, 0.4) is 0 Å². The van der Waals surface area contributed by atoms with Crippen molar-refractivity contribution in [1.82, 2.24) is 4.90 Å². The lowest BCUT2D eigenvalue weighted by Crippen LogP contribution is -2.27. The minimum absolute atomic E-state index is 0.595. The standard InChI is InChI=1S/C7H14N2O/c1-5-8-7(10-4)9(3)6-2/h5H,1,6H2,2-4H3/b8-7+. The Morgan fingerprint density at radius 3 is 2.70 bits per heavy atom. The molecule has 0 atom stereocenters. The largest absolute Gasteiger partial charge is 0.468 e. The number of rotatable bonds is 2. The summed E-state index contributed by atoms with van der Waals surface area (Å²) < 4.78 is 4.95. The molecule has 0 aromatic heterocycles. The normalized spacial score (nSPS) is 10.9. The van der Waals surface area contributed by atoms with Gasteiger partial charge in [0.25, 0.3) is 6.02 Å². The lowest BCUT2D eigenvalue weighted by molar-refractivity contribution is 0.315. The molecule has 0 aliphatic heterocycles. The van der Waals surface area contributed by atoms with Crippen LogP contribution in [0.5, 0.6) is 0 Å². The molecule has 0 amide bonds. The lowest BCUT2D eigenvalue weighted by atomic mass is 10.6. The van der Waals surface area contributed by atoms with Gasteiger partial charge in [-0.2, -0.15) is 0 Å². The first-order valence-electron chi connectivity index (χ1n) is 3.20. The fraction of sp³-hybridized carbons (Fsp3) is 0.571. The Kier molecular flexibility index (Phi) is 4.37. The molecule has 58 valence electrons. The second-order valence-electron chi connectivity index (χ2n) is 1.81. The molecule has 0 aromatic carbocycles. The molecular formula is C7H14N2O. The van der Waals surface area contributed by atoms with Crippen molar-refractivity contribution in [3.8, 4) is 0 Å². The van der Waals surface area contributed by atoms with Crippen molar-refractivity contribution in [2.45, 2.75) is 6.92 Å². The second kappa shape index (κ2) is 4.85. The molecule has 3 heteroatoms.